The average molecular weight is 350 g/mol. The number of unbranched alkanes of at least 4 members (excludes halogenated alkanes) is 2. The van der Waals surface area contributed by atoms with Crippen molar-refractivity contribution in [1.29, 1.82) is 0 Å². The van der Waals surface area contributed by atoms with E-state index in [9.17, 15) is 15.0 Å². The Balaban J connectivity index is 2.20. The maximum atomic E-state index is 12.2. The number of rotatable bonds is 4. The number of fused-ring (bicyclic) bond motifs is 1. The van der Waals surface area contributed by atoms with Crippen LogP contribution in [0.2, 0.25) is 0 Å². The first-order valence-electron chi connectivity index (χ1n) is 9.87. The van der Waals surface area contributed by atoms with Crippen molar-refractivity contribution in [3.63, 3.8) is 0 Å². The summed E-state index contributed by atoms with van der Waals surface area (Å²) in [6.45, 7) is 4.12. The molecule has 4 nitrogen and oxygen atoms in total. The summed E-state index contributed by atoms with van der Waals surface area (Å²) in [4.78, 5) is 12.2. The molecule has 0 amide bonds. The molecule has 0 aromatic rings. The van der Waals surface area contributed by atoms with Gasteiger partial charge in [0.2, 0.25) is 0 Å². The highest BCUT2D eigenvalue weighted by Gasteiger charge is 2.40. The van der Waals surface area contributed by atoms with Gasteiger partial charge < -0.3 is 14.9 Å². The largest absolute Gasteiger partial charge is 0.455 e. The van der Waals surface area contributed by atoms with Crippen LogP contribution in [0.25, 0.3) is 0 Å². The second-order valence-corrected chi connectivity index (χ2v) is 7.81. The first-order chi connectivity index (χ1) is 11.9. The van der Waals surface area contributed by atoms with Gasteiger partial charge in [-0.1, -0.05) is 38.0 Å². The normalized spacial score (nSPS) is 38.2. The van der Waals surface area contributed by atoms with Gasteiger partial charge in [-0.2, -0.15) is 0 Å². The van der Waals surface area contributed by atoms with Crippen molar-refractivity contribution >= 4 is 5.97 Å². The van der Waals surface area contributed by atoms with Gasteiger partial charge >= 0.3 is 5.97 Å². The van der Waals surface area contributed by atoms with Crippen LogP contribution in [0.15, 0.2) is 24.3 Å². The van der Waals surface area contributed by atoms with E-state index in [-0.39, 0.29) is 17.8 Å². The number of esters is 1. The highest BCUT2D eigenvalue weighted by molar-refractivity contribution is 5.70. The smallest absolute Gasteiger partial charge is 0.306 e. The van der Waals surface area contributed by atoms with Crippen molar-refractivity contribution in [1.82, 2.24) is 0 Å². The minimum Gasteiger partial charge on any atom is -0.455 e. The van der Waals surface area contributed by atoms with Crippen LogP contribution in [0, 0.1) is 11.8 Å². The minimum atomic E-state index is -0.633. The van der Waals surface area contributed by atoms with Gasteiger partial charge in [-0.15, -0.1) is 0 Å². The Kier molecular flexibility index (Phi) is 7.70. The van der Waals surface area contributed by atoms with Crippen LogP contribution in [0.5, 0.6) is 0 Å². The van der Waals surface area contributed by atoms with E-state index in [1.165, 1.54) is 0 Å². The van der Waals surface area contributed by atoms with Gasteiger partial charge in [0.15, 0.2) is 0 Å². The molecule has 1 unspecified atom stereocenters. The first-order valence-corrected chi connectivity index (χ1v) is 9.87. The van der Waals surface area contributed by atoms with Gasteiger partial charge in [0.1, 0.15) is 5.60 Å². The predicted molar refractivity (Wildman–Crippen MR) is 99.0 cm³/mol. The number of aliphatic hydroxyl groups is 2. The van der Waals surface area contributed by atoms with Gasteiger partial charge in [0.25, 0.3) is 0 Å². The molecule has 0 radical (unpaired) electrons. The van der Waals surface area contributed by atoms with Crippen molar-refractivity contribution in [2.75, 3.05) is 0 Å². The van der Waals surface area contributed by atoms with Crippen LogP contribution < -0.4 is 0 Å². The highest BCUT2D eigenvalue weighted by atomic mass is 16.6. The lowest BCUT2D eigenvalue weighted by Crippen LogP contribution is -2.30. The topological polar surface area (TPSA) is 66.8 Å². The number of hydrogen-bond donors (Lipinski definition) is 2. The average Bonchev–Trinajstić information content (AvgIpc) is 2.82. The second-order valence-electron chi connectivity index (χ2n) is 7.81. The standard InChI is InChI=1S/C21H34O4/c1-3-4-9-13-21(2)14-12-17-16(18(22)15-19(17)23)10-7-5-6-8-11-20(24)25-21/h5,7,12,14,16-19,22-23H,3-4,6,8-11,13,15H2,1-2H3/b7-5-,14-12?/t16-,17?,18+,19-,21-/m1/s1. The van der Waals surface area contributed by atoms with Crippen molar-refractivity contribution in [3.05, 3.63) is 24.3 Å². The maximum absolute atomic E-state index is 12.2. The molecule has 142 valence electrons. The van der Waals surface area contributed by atoms with Crippen LogP contribution >= 0.6 is 0 Å². The van der Waals surface area contributed by atoms with Gasteiger partial charge in [0, 0.05) is 18.8 Å². The Morgan fingerprint density at radius 2 is 2.04 bits per heavy atom. The number of aliphatic hydroxyl groups excluding tert-OH is 2. The molecule has 0 saturated heterocycles. The van der Waals surface area contributed by atoms with Crippen LogP contribution in [-0.2, 0) is 9.53 Å². The van der Waals surface area contributed by atoms with Crippen molar-refractivity contribution in [2.24, 2.45) is 11.8 Å². The first kappa shape index (κ1) is 20.2. The number of hydrogen-bond acceptors (Lipinski definition) is 4. The molecule has 2 rings (SSSR count). The molecule has 1 fully saturated rings. The fraction of sp³-hybridized carbons (Fsp3) is 0.762. The lowest BCUT2D eigenvalue weighted by molar-refractivity contribution is -0.154. The minimum absolute atomic E-state index is 0.0267. The van der Waals surface area contributed by atoms with Gasteiger partial charge in [0.05, 0.1) is 12.2 Å². The molecular formula is C21H34O4. The van der Waals surface area contributed by atoms with E-state index in [0.29, 0.717) is 12.8 Å². The quantitative estimate of drug-likeness (QED) is 0.458. The third-order valence-corrected chi connectivity index (χ3v) is 5.54. The predicted octanol–water partition coefficient (Wildman–Crippen LogP) is 3.91. The van der Waals surface area contributed by atoms with E-state index in [0.717, 1.165) is 44.9 Å². The molecule has 2 aliphatic rings. The molecule has 5 atom stereocenters. The van der Waals surface area contributed by atoms with Crippen LogP contribution in [0.3, 0.4) is 0 Å². The Morgan fingerprint density at radius 3 is 2.80 bits per heavy atom. The molecule has 4 heteroatoms. The Labute approximate surface area is 152 Å². The second kappa shape index (κ2) is 9.54. The SMILES string of the molecule is CCCCC[C@]1(C)C=CC2[C@H](O)C[C@H](O)[C@@H]2C/C=C\CCCC(=O)O1. The molecule has 0 aromatic heterocycles. The number of carbonyl (C=O) groups is 1. The van der Waals surface area contributed by atoms with E-state index >= 15 is 0 Å². The lowest BCUT2D eigenvalue weighted by Gasteiger charge is -2.28. The molecule has 0 aromatic carbocycles. The zero-order chi connectivity index (χ0) is 18.3. The van der Waals surface area contributed by atoms with Crippen LogP contribution in [0.1, 0.15) is 71.6 Å². The highest BCUT2D eigenvalue weighted by Crippen LogP contribution is 2.37. The van der Waals surface area contributed by atoms with Crippen LogP contribution in [-0.4, -0.2) is 34.0 Å². The van der Waals surface area contributed by atoms with Gasteiger partial charge in [-0.25, -0.2) is 0 Å². The lowest BCUT2D eigenvalue weighted by atomic mass is 9.87. The Bertz CT molecular complexity index is 484. The van der Waals surface area contributed by atoms with Crippen molar-refractivity contribution in [3.8, 4) is 0 Å². The summed E-state index contributed by atoms with van der Waals surface area (Å²) < 4.78 is 5.81. The third-order valence-electron chi connectivity index (χ3n) is 5.54. The summed E-state index contributed by atoms with van der Waals surface area (Å²) in [7, 11) is 0. The summed E-state index contributed by atoms with van der Waals surface area (Å²) >= 11 is 0. The third kappa shape index (κ3) is 5.96. The summed E-state index contributed by atoms with van der Waals surface area (Å²) in [6.07, 6.45) is 14.3. The fourth-order valence-electron chi connectivity index (χ4n) is 3.96. The van der Waals surface area contributed by atoms with Gasteiger partial charge in [-0.3, -0.25) is 4.79 Å². The van der Waals surface area contributed by atoms with E-state index < -0.39 is 17.8 Å². The van der Waals surface area contributed by atoms with E-state index in [2.05, 4.69) is 19.1 Å². The maximum Gasteiger partial charge on any atom is 0.306 e. The van der Waals surface area contributed by atoms with E-state index in [4.69, 9.17) is 4.74 Å². The van der Waals surface area contributed by atoms with E-state index in [1.807, 2.05) is 19.1 Å². The summed E-state index contributed by atoms with van der Waals surface area (Å²) in [6, 6.07) is 0. The zero-order valence-electron chi connectivity index (χ0n) is 15.7. The molecule has 2 N–H and O–H groups in total. The summed E-state index contributed by atoms with van der Waals surface area (Å²) in [5, 5.41) is 20.6. The Hall–Kier alpha value is -1.13. The Morgan fingerprint density at radius 1 is 1.24 bits per heavy atom. The van der Waals surface area contributed by atoms with Crippen LogP contribution in [0.4, 0.5) is 0 Å². The van der Waals surface area contributed by atoms with E-state index in [1.54, 1.807) is 0 Å². The number of carbonyl (C=O) groups excluding carboxylic acids is 1. The molecule has 1 saturated carbocycles. The molecule has 25 heavy (non-hydrogen) atoms. The number of ether oxygens (including phenoxy) is 1. The molecule has 0 spiro atoms. The monoisotopic (exact) mass is 350 g/mol. The summed E-state index contributed by atoms with van der Waals surface area (Å²) in [5.74, 6) is -0.219. The fourth-order valence-corrected chi connectivity index (χ4v) is 3.96. The molecule has 0 bridgehead atoms. The molecule has 1 aliphatic carbocycles. The number of cyclic esters (lactones) is 1. The molecular weight excluding hydrogens is 316 g/mol. The van der Waals surface area contributed by atoms with Crippen molar-refractivity contribution in [2.45, 2.75) is 89.4 Å². The van der Waals surface area contributed by atoms with Crippen molar-refractivity contribution < 1.29 is 19.7 Å². The van der Waals surface area contributed by atoms with Gasteiger partial charge in [-0.05, 0) is 51.0 Å². The zero-order valence-corrected chi connectivity index (χ0v) is 15.7. The molecule has 1 heterocycles. The molecule has 1 aliphatic heterocycles. The number of allylic oxidation sites excluding steroid dienone is 2. The summed E-state index contributed by atoms with van der Waals surface area (Å²) in [5.41, 5.74) is -0.633.